The second-order valence-electron chi connectivity index (χ2n) is 3.82. The molecule has 2 atom stereocenters. The number of ketones is 1. The van der Waals surface area contributed by atoms with Crippen LogP contribution in [0.1, 0.15) is 27.6 Å². The molecule has 0 fully saturated rings. The molecule has 1 aliphatic carbocycles. The van der Waals surface area contributed by atoms with Crippen molar-refractivity contribution >= 4 is 16.9 Å². The molecule has 0 aliphatic heterocycles. The Morgan fingerprint density at radius 3 is 2.56 bits per heavy atom. The standard InChI is InChI=1S/C10H7F3O4S/c11-5-2-1-4(3-18(16)17)6-7(5)9(15)10(12,13)8(6)14/h1-2,9,15H,3H2,(H,16,17)/t9-/m0/s1. The number of Topliss-reactive ketones (excluding diaryl/α,β-unsaturated/α-hetero) is 1. The Bertz CT molecular complexity index is 558. The van der Waals surface area contributed by atoms with Gasteiger partial charge in [0.15, 0.2) is 17.2 Å². The van der Waals surface area contributed by atoms with E-state index in [0.29, 0.717) is 0 Å². The molecule has 1 aliphatic rings. The number of aliphatic hydroxyl groups excluding tert-OH is 1. The maximum atomic E-state index is 13.4. The van der Waals surface area contributed by atoms with Crippen LogP contribution in [0.2, 0.25) is 0 Å². The second kappa shape index (κ2) is 4.15. The van der Waals surface area contributed by atoms with E-state index in [9.17, 15) is 27.3 Å². The highest BCUT2D eigenvalue weighted by atomic mass is 32.2. The summed E-state index contributed by atoms with van der Waals surface area (Å²) in [5.41, 5.74) is -1.70. The Morgan fingerprint density at radius 1 is 1.39 bits per heavy atom. The van der Waals surface area contributed by atoms with E-state index >= 15 is 0 Å². The lowest BCUT2D eigenvalue weighted by Crippen LogP contribution is -2.28. The summed E-state index contributed by atoms with van der Waals surface area (Å²) in [4.78, 5) is 11.4. The van der Waals surface area contributed by atoms with Crippen molar-refractivity contribution in [3.8, 4) is 0 Å². The molecule has 1 unspecified atom stereocenters. The lowest BCUT2D eigenvalue weighted by atomic mass is 10.0. The van der Waals surface area contributed by atoms with Crippen LogP contribution in [-0.4, -0.2) is 25.6 Å². The number of carbonyl (C=O) groups is 1. The Hall–Kier alpha value is -1.25. The zero-order valence-electron chi connectivity index (χ0n) is 8.69. The van der Waals surface area contributed by atoms with Crippen molar-refractivity contribution in [1.29, 1.82) is 0 Å². The highest BCUT2D eigenvalue weighted by Crippen LogP contribution is 2.45. The van der Waals surface area contributed by atoms with E-state index in [-0.39, 0.29) is 5.56 Å². The van der Waals surface area contributed by atoms with Gasteiger partial charge in [-0.3, -0.25) is 4.79 Å². The van der Waals surface area contributed by atoms with E-state index in [4.69, 9.17) is 4.55 Å². The van der Waals surface area contributed by atoms with Gasteiger partial charge in [-0.05, 0) is 11.6 Å². The maximum Gasteiger partial charge on any atom is 0.339 e. The fourth-order valence-corrected chi connectivity index (χ4v) is 2.41. The fraction of sp³-hybridized carbons (Fsp3) is 0.300. The molecule has 1 aromatic rings. The minimum atomic E-state index is -4.11. The molecule has 18 heavy (non-hydrogen) atoms. The third-order valence-electron chi connectivity index (χ3n) is 2.70. The molecule has 8 heteroatoms. The molecule has 0 spiro atoms. The van der Waals surface area contributed by atoms with Gasteiger partial charge in [-0.2, -0.15) is 8.78 Å². The van der Waals surface area contributed by atoms with Crippen LogP contribution in [0.4, 0.5) is 13.2 Å². The number of halogens is 3. The molecule has 0 amide bonds. The average Bonchev–Trinajstić information content (AvgIpc) is 2.44. The van der Waals surface area contributed by atoms with Gasteiger partial charge in [0.25, 0.3) is 0 Å². The predicted octanol–water partition coefficient (Wildman–Crippen LogP) is 1.41. The Balaban J connectivity index is 2.67. The van der Waals surface area contributed by atoms with E-state index in [1.165, 1.54) is 0 Å². The number of aliphatic hydroxyl groups is 1. The van der Waals surface area contributed by atoms with Crippen molar-refractivity contribution in [1.82, 2.24) is 0 Å². The minimum absolute atomic E-state index is 0.187. The van der Waals surface area contributed by atoms with Gasteiger partial charge in [-0.15, -0.1) is 0 Å². The molecule has 4 nitrogen and oxygen atoms in total. The number of benzene rings is 1. The summed E-state index contributed by atoms with van der Waals surface area (Å²) in [6, 6.07) is 1.76. The molecule has 2 rings (SSSR count). The summed E-state index contributed by atoms with van der Waals surface area (Å²) in [6.07, 6.45) is -2.56. The van der Waals surface area contributed by atoms with Gasteiger partial charge in [-0.1, -0.05) is 6.07 Å². The summed E-state index contributed by atoms with van der Waals surface area (Å²) in [7, 11) is 0. The Kier molecular flexibility index (Phi) is 3.04. The van der Waals surface area contributed by atoms with Crippen LogP contribution in [0.5, 0.6) is 0 Å². The van der Waals surface area contributed by atoms with E-state index in [2.05, 4.69) is 0 Å². The highest BCUT2D eigenvalue weighted by Gasteiger charge is 2.56. The fourth-order valence-electron chi connectivity index (χ4n) is 1.90. The minimum Gasteiger partial charge on any atom is -0.381 e. The van der Waals surface area contributed by atoms with Crippen molar-refractivity contribution in [2.75, 3.05) is 0 Å². The quantitative estimate of drug-likeness (QED) is 0.803. The number of hydrogen-bond acceptors (Lipinski definition) is 3. The van der Waals surface area contributed by atoms with Gasteiger partial charge in [0, 0.05) is 11.1 Å². The van der Waals surface area contributed by atoms with Crippen LogP contribution in [0.3, 0.4) is 0 Å². The number of alkyl halides is 2. The molecule has 2 N–H and O–H groups in total. The monoisotopic (exact) mass is 280 g/mol. The first kappa shape index (κ1) is 13.2. The van der Waals surface area contributed by atoms with Gasteiger partial charge in [0.05, 0.1) is 5.75 Å². The second-order valence-corrected chi connectivity index (χ2v) is 4.75. The van der Waals surface area contributed by atoms with Crippen LogP contribution in [0.15, 0.2) is 12.1 Å². The zero-order valence-corrected chi connectivity index (χ0v) is 9.51. The van der Waals surface area contributed by atoms with Crippen LogP contribution in [-0.2, 0) is 16.8 Å². The van der Waals surface area contributed by atoms with Crippen LogP contribution in [0.25, 0.3) is 0 Å². The molecular weight excluding hydrogens is 273 g/mol. The van der Waals surface area contributed by atoms with E-state index < -0.39 is 51.6 Å². The van der Waals surface area contributed by atoms with Crippen molar-refractivity contribution in [3.05, 3.63) is 34.6 Å². The molecule has 0 saturated heterocycles. The summed E-state index contributed by atoms with van der Waals surface area (Å²) in [6.45, 7) is 0. The van der Waals surface area contributed by atoms with Gasteiger partial charge in [-0.25, -0.2) is 8.60 Å². The van der Waals surface area contributed by atoms with Crippen molar-refractivity contribution < 1.29 is 31.8 Å². The predicted molar refractivity (Wildman–Crippen MR) is 55.1 cm³/mol. The van der Waals surface area contributed by atoms with Crippen LogP contribution in [0, 0.1) is 5.82 Å². The molecule has 0 bridgehead atoms. The van der Waals surface area contributed by atoms with Crippen LogP contribution < -0.4 is 0 Å². The molecule has 0 saturated carbocycles. The number of hydrogen-bond donors (Lipinski definition) is 2. The summed E-state index contributed by atoms with van der Waals surface area (Å²) < 4.78 is 59.4. The van der Waals surface area contributed by atoms with Gasteiger partial charge < -0.3 is 9.66 Å². The molecular formula is C10H7F3O4S. The third kappa shape index (κ3) is 1.76. The van der Waals surface area contributed by atoms with Gasteiger partial charge >= 0.3 is 5.92 Å². The Morgan fingerprint density at radius 2 is 2.00 bits per heavy atom. The topological polar surface area (TPSA) is 74.6 Å². The summed E-state index contributed by atoms with van der Waals surface area (Å²) >= 11 is -2.37. The smallest absolute Gasteiger partial charge is 0.339 e. The van der Waals surface area contributed by atoms with Gasteiger partial charge in [0.1, 0.15) is 5.82 Å². The lowest BCUT2D eigenvalue weighted by molar-refractivity contribution is -0.0717. The highest BCUT2D eigenvalue weighted by molar-refractivity contribution is 7.78. The van der Waals surface area contributed by atoms with E-state index in [1.54, 1.807) is 0 Å². The van der Waals surface area contributed by atoms with E-state index in [0.717, 1.165) is 12.1 Å². The first-order valence-electron chi connectivity index (χ1n) is 4.76. The van der Waals surface area contributed by atoms with Gasteiger partial charge in [0.2, 0.25) is 5.78 Å². The lowest BCUT2D eigenvalue weighted by Gasteiger charge is -2.11. The van der Waals surface area contributed by atoms with Crippen molar-refractivity contribution in [2.24, 2.45) is 0 Å². The molecule has 0 heterocycles. The number of carbonyl (C=O) groups excluding carboxylic acids is 1. The van der Waals surface area contributed by atoms with Crippen molar-refractivity contribution in [2.45, 2.75) is 17.8 Å². The molecule has 98 valence electrons. The normalized spacial score (nSPS) is 22.9. The molecule has 0 aromatic heterocycles. The van der Waals surface area contributed by atoms with E-state index in [1.807, 2.05) is 0 Å². The summed E-state index contributed by atoms with van der Waals surface area (Å²) in [5.74, 6) is -7.58. The molecule has 0 radical (unpaired) electrons. The van der Waals surface area contributed by atoms with Crippen LogP contribution >= 0.6 is 0 Å². The largest absolute Gasteiger partial charge is 0.381 e. The molecule has 1 aromatic carbocycles. The summed E-state index contributed by atoms with van der Waals surface area (Å²) in [5, 5.41) is 9.27. The third-order valence-corrected chi connectivity index (χ3v) is 3.26. The first-order valence-corrected chi connectivity index (χ1v) is 6.03. The number of rotatable bonds is 2. The van der Waals surface area contributed by atoms with Crippen molar-refractivity contribution in [3.63, 3.8) is 0 Å². The zero-order chi connectivity index (χ0) is 13.7. The average molecular weight is 280 g/mol. The Labute approximate surface area is 102 Å². The maximum absolute atomic E-state index is 13.4. The SMILES string of the molecule is O=C1c2c(CS(=O)O)ccc(F)c2[C@H](O)C1(F)F. The number of fused-ring (bicyclic) bond motifs is 1. The first-order chi connectivity index (χ1) is 8.26.